The number of nitrogens with zero attached hydrogens (tertiary/aromatic N) is 2. The van der Waals surface area contributed by atoms with E-state index in [1.165, 1.54) is 27.7 Å². The molecular weight excluding hydrogens is 500 g/mol. The van der Waals surface area contributed by atoms with Crippen LogP contribution in [0, 0.1) is 16.7 Å². The molecule has 1 aliphatic heterocycles. The Morgan fingerprint density at radius 3 is 2.83 bits per heavy atom. The van der Waals surface area contributed by atoms with Crippen LogP contribution in [0.4, 0.5) is 5.00 Å². The van der Waals surface area contributed by atoms with Gasteiger partial charge in [-0.25, -0.2) is 0 Å². The van der Waals surface area contributed by atoms with Crippen molar-refractivity contribution in [1.82, 2.24) is 10.6 Å². The van der Waals surface area contributed by atoms with Crippen molar-refractivity contribution in [2.45, 2.75) is 32.7 Å². The second-order valence-electron chi connectivity index (χ2n) is 8.66. The van der Waals surface area contributed by atoms with E-state index < -0.39 is 0 Å². The Morgan fingerprint density at radius 1 is 1.37 bits per heavy atom. The third-order valence-electron chi connectivity index (χ3n) is 6.27. The Morgan fingerprint density at radius 2 is 2.14 bits per heavy atom. The van der Waals surface area contributed by atoms with Crippen LogP contribution < -0.4 is 15.5 Å². The number of amidine groups is 2. The van der Waals surface area contributed by atoms with Crippen LogP contribution in [0.25, 0.3) is 0 Å². The van der Waals surface area contributed by atoms with Gasteiger partial charge in [-0.2, -0.15) is 0 Å². The number of hydrogen-bond donors (Lipinski definition) is 4. The van der Waals surface area contributed by atoms with Crippen molar-refractivity contribution in [3.05, 3.63) is 61.8 Å². The molecule has 2 heterocycles. The summed E-state index contributed by atoms with van der Waals surface area (Å²) in [7, 11) is 1.75. The second-order valence-corrected chi connectivity index (χ2v) is 10.9. The summed E-state index contributed by atoms with van der Waals surface area (Å²) in [5.74, 6) is 1.11. The molecule has 7 nitrogen and oxygen atoms in total. The van der Waals surface area contributed by atoms with E-state index >= 15 is 0 Å². The van der Waals surface area contributed by atoms with Crippen molar-refractivity contribution in [2.24, 2.45) is 10.9 Å². The molecule has 0 spiro atoms. The Kier molecular flexibility index (Phi) is 8.11. The minimum Gasteiger partial charge on any atom is -0.352 e. The predicted octanol–water partition coefficient (Wildman–Crippen LogP) is 5.00. The highest BCUT2D eigenvalue weighted by molar-refractivity contribution is 8.14. The number of benzene rings is 1. The highest BCUT2D eigenvalue weighted by Crippen LogP contribution is 2.49. The highest BCUT2D eigenvalue weighted by atomic mass is 35.5. The van der Waals surface area contributed by atoms with Crippen LogP contribution in [0.3, 0.4) is 0 Å². The van der Waals surface area contributed by atoms with E-state index in [1.54, 1.807) is 25.3 Å². The molecule has 0 saturated carbocycles. The van der Waals surface area contributed by atoms with E-state index in [1.807, 2.05) is 41.5 Å². The van der Waals surface area contributed by atoms with Crippen molar-refractivity contribution in [3.63, 3.8) is 0 Å². The Balaban J connectivity index is 1.69. The lowest BCUT2D eigenvalue weighted by molar-refractivity contribution is -0.124. The number of hydrogen-bond acceptors (Lipinski definition) is 7. The Labute approximate surface area is 219 Å². The molecule has 35 heavy (non-hydrogen) atoms. The SMILES string of the molecule is CN=C1CN[C@@H](c2ccccc2Cl)c2c(sc3c2C[C@H](C(=O)NC/C(C)=C/SC=N)C3)N1C(C)=N. The maximum Gasteiger partial charge on any atom is 0.224 e. The third kappa shape index (κ3) is 5.23. The van der Waals surface area contributed by atoms with Crippen LogP contribution in [-0.2, 0) is 17.6 Å². The van der Waals surface area contributed by atoms with Gasteiger partial charge in [-0.15, -0.1) is 11.3 Å². The van der Waals surface area contributed by atoms with Crippen LogP contribution in [0.2, 0.25) is 5.02 Å². The number of aliphatic imine (C=N–C) groups is 1. The Hall–Kier alpha value is -2.46. The van der Waals surface area contributed by atoms with Gasteiger partial charge in [0.2, 0.25) is 5.91 Å². The molecular formula is C25H29ClN6OS2. The first-order valence-electron chi connectivity index (χ1n) is 11.4. The molecule has 184 valence electrons. The number of nitrogens with one attached hydrogen (secondary N) is 4. The molecule has 2 aliphatic rings. The normalized spacial score (nSPS) is 20.9. The first-order valence-corrected chi connectivity index (χ1v) is 13.5. The van der Waals surface area contributed by atoms with E-state index in [0.717, 1.165) is 27.5 Å². The predicted molar refractivity (Wildman–Crippen MR) is 149 cm³/mol. The van der Waals surface area contributed by atoms with Gasteiger partial charge in [-0.1, -0.05) is 41.6 Å². The average molecular weight is 529 g/mol. The summed E-state index contributed by atoms with van der Waals surface area (Å²) in [5.41, 5.74) is 5.53. The zero-order valence-corrected chi connectivity index (χ0v) is 22.3. The molecule has 0 bridgehead atoms. The van der Waals surface area contributed by atoms with Gasteiger partial charge in [-0.3, -0.25) is 25.4 Å². The molecule has 1 aliphatic carbocycles. The number of carbonyl (C=O) groups excluding carboxylic acids is 1. The van der Waals surface area contributed by atoms with Crippen LogP contribution in [0.15, 0.2) is 40.2 Å². The van der Waals surface area contributed by atoms with E-state index in [9.17, 15) is 4.79 Å². The summed E-state index contributed by atoms with van der Waals surface area (Å²) in [6.07, 6.45) is 1.33. The van der Waals surface area contributed by atoms with Crippen LogP contribution in [0.5, 0.6) is 0 Å². The first kappa shape index (κ1) is 25.6. The second kappa shape index (κ2) is 11.1. The van der Waals surface area contributed by atoms with Gasteiger partial charge in [0.1, 0.15) is 16.7 Å². The summed E-state index contributed by atoms with van der Waals surface area (Å²) < 4.78 is 0. The van der Waals surface area contributed by atoms with E-state index in [0.29, 0.717) is 36.8 Å². The van der Waals surface area contributed by atoms with Gasteiger partial charge in [0, 0.05) is 35.0 Å². The fourth-order valence-electron chi connectivity index (χ4n) is 4.65. The number of halogens is 1. The maximum absolute atomic E-state index is 13.0. The number of fused-ring (bicyclic) bond motifs is 3. The smallest absolute Gasteiger partial charge is 0.224 e. The van der Waals surface area contributed by atoms with Gasteiger partial charge >= 0.3 is 0 Å². The van der Waals surface area contributed by atoms with Crippen molar-refractivity contribution >= 4 is 62.8 Å². The first-order chi connectivity index (χ1) is 16.8. The molecule has 0 saturated heterocycles. The number of anilines is 1. The largest absolute Gasteiger partial charge is 0.352 e. The minimum atomic E-state index is -0.162. The Bertz CT molecular complexity index is 1220. The average Bonchev–Trinajstić information content (AvgIpc) is 3.35. The molecule has 0 unspecified atom stereocenters. The lowest BCUT2D eigenvalue weighted by Crippen LogP contribution is -2.39. The number of amides is 1. The molecule has 0 radical (unpaired) electrons. The van der Waals surface area contributed by atoms with Gasteiger partial charge in [0.25, 0.3) is 0 Å². The topological polar surface area (TPSA) is 104 Å². The van der Waals surface area contributed by atoms with E-state index in [2.05, 4.69) is 15.6 Å². The standard InChI is InChI=1S/C25H29ClN6OS2/c1-14(12-34-13-27)10-31-24(33)16-8-18-20(9-16)35-25-22(18)23(17-6-4-5-7-19(17)26)30-11-21(29-3)32(25)15(2)28/h4-7,12-13,16,23,27-28,30H,8-11H2,1-3H3,(H,31,33)/b14-12+,27-13?,28-15?,29-21?/t16-,23-/m0/s1. The zero-order valence-electron chi connectivity index (χ0n) is 19.9. The summed E-state index contributed by atoms with van der Waals surface area (Å²) in [5, 5.41) is 25.8. The molecule has 2 atom stereocenters. The summed E-state index contributed by atoms with van der Waals surface area (Å²) in [4.78, 5) is 20.6. The molecule has 4 N–H and O–H groups in total. The fraction of sp³-hybridized carbons (Fsp3) is 0.360. The van der Waals surface area contributed by atoms with Crippen molar-refractivity contribution in [2.75, 3.05) is 25.0 Å². The number of carbonyl (C=O) groups is 1. The van der Waals surface area contributed by atoms with Gasteiger partial charge in [0.15, 0.2) is 0 Å². The van der Waals surface area contributed by atoms with Crippen LogP contribution >= 0.6 is 34.7 Å². The van der Waals surface area contributed by atoms with Gasteiger partial charge in [0.05, 0.1) is 18.1 Å². The lowest BCUT2D eigenvalue weighted by atomic mass is 9.94. The van der Waals surface area contributed by atoms with E-state index in [4.69, 9.17) is 22.4 Å². The molecule has 1 amide bonds. The van der Waals surface area contributed by atoms with Crippen LogP contribution in [0.1, 0.15) is 41.5 Å². The number of rotatable bonds is 6. The van der Waals surface area contributed by atoms with Crippen molar-refractivity contribution in [3.8, 4) is 0 Å². The molecule has 1 aromatic carbocycles. The molecule has 0 fully saturated rings. The summed E-state index contributed by atoms with van der Waals surface area (Å²) in [6.45, 7) is 4.70. The van der Waals surface area contributed by atoms with Crippen molar-refractivity contribution in [1.29, 1.82) is 10.8 Å². The van der Waals surface area contributed by atoms with Gasteiger partial charge < -0.3 is 10.7 Å². The third-order valence-corrected chi connectivity index (χ3v) is 8.54. The quantitative estimate of drug-likeness (QED) is 0.313. The lowest BCUT2D eigenvalue weighted by Gasteiger charge is -2.23. The summed E-state index contributed by atoms with van der Waals surface area (Å²) in [6, 6.07) is 7.67. The molecule has 1 aromatic heterocycles. The zero-order chi connectivity index (χ0) is 25.1. The monoisotopic (exact) mass is 528 g/mol. The van der Waals surface area contributed by atoms with E-state index in [-0.39, 0.29) is 17.9 Å². The minimum absolute atomic E-state index is 0.0431. The number of thioether (sulfide) groups is 1. The highest BCUT2D eigenvalue weighted by Gasteiger charge is 2.39. The number of thiophene rings is 1. The summed E-state index contributed by atoms with van der Waals surface area (Å²) >= 11 is 9.59. The van der Waals surface area contributed by atoms with Crippen LogP contribution in [-0.4, -0.2) is 43.3 Å². The van der Waals surface area contributed by atoms with Gasteiger partial charge in [-0.05, 0) is 54.9 Å². The fourth-order valence-corrected chi connectivity index (χ4v) is 6.79. The molecule has 2 aromatic rings. The molecule has 4 rings (SSSR count). The molecule has 10 heteroatoms. The van der Waals surface area contributed by atoms with Crippen molar-refractivity contribution < 1.29 is 4.79 Å². The maximum atomic E-state index is 13.0.